The van der Waals surface area contributed by atoms with E-state index >= 15 is 0 Å². The molecule has 0 saturated heterocycles. The minimum absolute atomic E-state index is 0.740. The van der Waals surface area contributed by atoms with E-state index < -0.39 is 8.80 Å². The lowest BCUT2D eigenvalue weighted by molar-refractivity contribution is 0.121. The molecule has 0 aromatic rings. The first-order valence-electron chi connectivity index (χ1n) is 6.09. The van der Waals surface area contributed by atoms with Gasteiger partial charge in [-0.1, -0.05) is 6.92 Å². The summed E-state index contributed by atoms with van der Waals surface area (Å²) >= 11 is 0. The summed E-state index contributed by atoms with van der Waals surface area (Å²) in [7, 11) is 2.55. The van der Waals surface area contributed by atoms with Gasteiger partial charge in [-0.05, 0) is 32.3 Å². The fraction of sp³-hybridized carbons (Fsp3) is 0.833. The fourth-order valence-corrected chi connectivity index (χ4v) is 3.37. The highest BCUT2D eigenvalue weighted by Gasteiger charge is 2.36. The van der Waals surface area contributed by atoms with E-state index in [-0.39, 0.29) is 0 Å². The van der Waals surface area contributed by atoms with Crippen LogP contribution >= 0.6 is 0 Å². The average Bonchev–Trinajstić information content (AvgIpc) is 2.35. The molecule has 102 valence electrons. The summed E-state index contributed by atoms with van der Waals surface area (Å²) < 4.78 is 21.6. The lowest BCUT2D eigenvalue weighted by atomic mass is 10.3. The zero-order chi connectivity index (χ0) is 13.1. The summed E-state index contributed by atoms with van der Waals surface area (Å²) in [5.41, 5.74) is 0. The Hall–Kier alpha value is -0.363. The van der Waals surface area contributed by atoms with Gasteiger partial charge < -0.3 is 18.0 Å². The average molecular weight is 262 g/mol. The molecule has 0 N–H and O–H groups in total. The Bertz CT molecular complexity index is 206. The van der Waals surface area contributed by atoms with Crippen LogP contribution in [0.1, 0.15) is 33.1 Å². The molecule has 0 aromatic carbocycles. The van der Waals surface area contributed by atoms with Gasteiger partial charge in [0, 0.05) is 27.4 Å². The second-order valence-corrected chi connectivity index (χ2v) is 6.91. The third-order valence-electron chi connectivity index (χ3n) is 2.63. The molecular weight excluding hydrogens is 236 g/mol. The quantitative estimate of drug-likeness (QED) is 0.344. The highest BCUT2D eigenvalue weighted by Crippen LogP contribution is 2.16. The predicted molar refractivity (Wildman–Crippen MR) is 70.8 cm³/mol. The van der Waals surface area contributed by atoms with Crippen molar-refractivity contribution in [2.75, 3.05) is 27.9 Å². The number of ether oxygens (including phenoxy) is 1. The van der Waals surface area contributed by atoms with E-state index in [1.54, 1.807) is 21.3 Å². The summed E-state index contributed by atoms with van der Waals surface area (Å²) in [5, 5.41) is 0. The molecule has 17 heavy (non-hydrogen) atoms. The Balaban J connectivity index is 3.73. The molecular formula is C12H26O4Si. The van der Waals surface area contributed by atoms with E-state index in [0.29, 0.717) is 0 Å². The van der Waals surface area contributed by atoms with Crippen molar-refractivity contribution in [2.45, 2.75) is 39.2 Å². The third-order valence-corrected chi connectivity index (χ3v) is 5.46. The van der Waals surface area contributed by atoms with Gasteiger partial charge in [0.2, 0.25) is 0 Å². The molecule has 0 aliphatic carbocycles. The van der Waals surface area contributed by atoms with Crippen molar-refractivity contribution in [1.82, 2.24) is 0 Å². The molecule has 0 rings (SSSR count). The lowest BCUT2D eigenvalue weighted by Crippen LogP contribution is -2.42. The second-order valence-electron chi connectivity index (χ2n) is 3.82. The summed E-state index contributed by atoms with van der Waals surface area (Å²) in [6.07, 6.45) is 5.07. The maximum atomic E-state index is 5.55. The zero-order valence-electron chi connectivity index (χ0n) is 11.7. The van der Waals surface area contributed by atoms with Crippen molar-refractivity contribution in [2.24, 2.45) is 0 Å². The summed E-state index contributed by atoms with van der Waals surface area (Å²) in [5.74, 6) is 1.00. The van der Waals surface area contributed by atoms with E-state index in [2.05, 4.69) is 13.0 Å². The Morgan fingerprint density at radius 1 is 1.06 bits per heavy atom. The third kappa shape index (κ3) is 6.83. The molecule has 0 saturated carbocycles. The van der Waals surface area contributed by atoms with E-state index in [4.69, 9.17) is 18.0 Å². The standard InChI is InChI=1S/C12H26O4Si/c1-6-9-12(2)16-10-7-8-11-17(13-3,14-4)15-5/h9H,6-8,10-11H2,1-5H3. The number of unbranched alkanes of at least 4 members (excludes halogenated alkanes) is 1. The van der Waals surface area contributed by atoms with Gasteiger partial charge in [0.05, 0.1) is 12.4 Å². The van der Waals surface area contributed by atoms with Crippen molar-refractivity contribution < 1.29 is 18.0 Å². The monoisotopic (exact) mass is 262 g/mol. The lowest BCUT2D eigenvalue weighted by Gasteiger charge is -2.24. The molecule has 0 aliphatic heterocycles. The van der Waals surface area contributed by atoms with Gasteiger partial charge in [-0.25, -0.2) is 0 Å². The normalized spacial score (nSPS) is 12.9. The molecule has 0 heterocycles. The number of rotatable bonds is 10. The van der Waals surface area contributed by atoms with E-state index in [1.165, 1.54) is 0 Å². The number of hydrogen-bond donors (Lipinski definition) is 0. The molecule has 0 aromatic heterocycles. The van der Waals surface area contributed by atoms with Crippen LogP contribution in [0.25, 0.3) is 0 Å². The SMILES string of the molecule is CCC=C(C)OCCCC[Si](OC)(OC)OC. The minimum atomic E-state index is -2.38. The molecule has 4 nitrogen and oxygen atoms in total. The Morgan fingerprint density at radius 2 is 1.65 bits per heavy atom. The summed E-state index contributed by atoms with van der Waals surface area (Å²) in [6.45, 7) is 4.83. The number of allylic oxidation sites excluding steroid dienone is 2. The van der Waals surface area contributed by atoms with Gasteiger partial charge in [-0.3, -0.25) is 0 Å². The molecule has 0 fully saturated rings. The summed E-state index contributed by atoms with van der Waals surface area (Å²) in [4.78, 5) is 0. The van der Waals surface area contributed by atoms with Crippen molar-refractivity contribution >= 4 is 8.80 Å². The molecule has 5 heteroatoms. The molecule has 0 amide bonds. The maximum Gasteiger partial charge on any atom is 0.500 e. The van der Waals surface area contributed by atoms with Crippen molar-refractivity contribution in [3.8, 4) is 0 Å². The number of hydrogen-bond acceptors (Lipinski definition) is 4. The van der Waals surface area contributed by atoms with E-state index in [1.807, 2.05) is 6.92 Å². The summed E-state index contributed by atoms with van der Waals surface area (Å²) in [6, 6.07) is 0.830. The van der Waals surface area contributed by atoms with Gasteiger partial charge >= 0.3 is 8.80 Å². The van der Waals surface area contributed by atoms with Crippen LogP contribution in [0.2, 0.25) is 6.04 Å². The van der Waals surface area contributed by atoms with Gasteiger partial charge in [0.1, 0.15) is 0 Å². The van der Waals surface area contributed by atoms with Crippen LogP contribution in [0, 0.1) is 0 Å². The van der Waals surface area contributed by atoms with Crippen LogP contribution in [-0.2, 0) is 18.0 Å². The molecule has 0 bridgehead atoms. The molecule has 0 aliphatic rings. The van der Waals surface area contributed by atoms with Gasteiger partial charge in [0.25, 0.3) is 0 Å². The largest absolute Gasteiger partial charge is 0.500 e. The van der Waals surface area contributed by atoms with Crippen molar-refractivity contribution in [3.05, 3.63) is 11.8 Å². The van der Waals surface area contributed by atoms with Crippen LogP contribution in [-0.4, -0.2) is 36.7 Å². The van der Waals surface area contributed by atoms with Crippen molar-refractivity contribution in [1.29, 1.82) is 0 Å². The van der Waals surface area contributed by atoms with E-state index in [9.17, 15) is 0 Å². The predicted octanol–water partition coefficient (Wildman–Crippen LogP) is 2.98. The maximum absolute atomic E-state index is 5.55. The Morgan fingerprint density at radius 3 is 2.12 bits per heavy atom. The smallest absolute Gasteiger partial charge is 0.499 e. The van der Waals surface area contributed by atoms with Crippen LogP contribution in [0.4, 0.5) is 0 Å². The van der Waals surface area contributed by atoms with Crippen LogP contribution < -0.4 is 0 Å². The second kappa shape index (κ2) is 9.64. The first-order valence-corrected chi connectivity index (χ1v) is 8.02. The van der Waals surface area contributed by atoms with Crippen LogP contribution in [0.3, 0.4) is 0 Å². The first kappa shape index (κ1) is 16.6. The molecule has 0 atom stereocenters. The van der Waals surface area contributed by atoms with Gasteiger partial charge in [-0.15, -0.1) is 0 Å². The molecule has 0 unspecified atom stereocenters. The molecule has 0 spiro atoms. The first-order chi connectivity index (χ1) is 8.14. The van der Waals surface area contributed by atoms with Crippen LogP contribution in [0.5, 0.6) is 0 Å². The van der Waals surface area contributed by atoms with Crippen molar-refractivity contribution in [3.63, 3.8) is 0 Å². The minimum Gasteiger partial charge on any atom is -0.499 e. The Kier molecular flexibility index (Phi) is 9.44. The zero-order valence-corrected chi connectivity index (χ0v) is 12.7. The van der Waals surface area contributed by atoms with Crippen LogP contribution in [0.15, 0.2) is 11.8 Å². The molecule has 0 radical (unpaired) electrons. The Labute approximate surface area is 106 Å². The van der Waals surface area contributed by atoms with E-state index in [0.717, 1.165) is 37.7 Å². The highest BCUT2D eigenvalue weighted by molar-refractivity contribution is 6.60. The fourth-order valence-electron chi connectivity index (χ4n) is 1.58. The topological polar surface area (TPSA) is 36.9 Å². The van der Waals surface area contributed by atoms with Gasteiger partial charge in [0.15, 0.2) is 0 Å². The van der Waals surface area contributed by atoms with Gasteiger partial charge in [-0.2, -0.15) is 0 Å². The highest BCUT2D eigenvalue weighted by atomic mass is 28.4.